The number of amides is 1. The molecule has 0 aliphatic rings. The molecule has 5 nitrogen and oxygen atoms in total. The molecule has 0 saturated heterocycles. The van der Waals surface area contributed by atoms with Gasteiger partial charge >= 0.3 is 5.97 Å². The predicted octanol–water partition coefficient (Wildman–Crippen LogP) is 3.13. The van der Waals surface area contributed by atoms with Crippen molar-refractivity contribution in [3.8, 4) is 5.75 Å². The summed E-state index contributed by atoms with van der Waals surface area (Å²) >= 11 is 0. The van der Waals surface area contributed by atoms with Crippen LogP contribution in [0, 0.1) is 0 Å². The van der Waals surface area contributed by atoms with E-state index in [9.17, 15) is 9.59 Å². The van der Waals surface area contributed by atoms with Crippen molar-refractivity contribution < 1.29 is 19.4 Å². The zero-order valence-electron chi connectivity index (χ0n) is 12.5. The van der Waals surface area contributed by atoms with E-state index in [0.29, 0.717) is 29.2 Å². The Morgan fingerprint density at radius 1 is 1.09 bits per heavy atom. The Balaban J connectivity index is 1.98. The second kappa shape index (κ2) is 7.79. The van der Waals surface area contributed by atoms with E-state index in [2.05, 4.69) is 11.9 Å². The van der Waals surface area contributed by atoms with Crippen LogP contribution in [0.25, 0.3) is 0 Å². The van der Waals surface area contributed by atoms with E-state index in [4.69, 9.17) is 9.84 Å². The minimum Gasteiger partial charge on any atom is -0.490 e. The van der Waals surface area contributed by atoms with Crippen molar-refractivity contribution in [2.75, 3.05) is 11.9 Å². The van der Waals surface area contributed by atoms with Gasteiger partial charge in [0, 0.05) is 11.3 Å². The quantitative estimate of drug-likeness (QED) is 0.770. The number of carboxylic acids is 1. The van der Waals surface area contributed by atoms with E-state index in [1.807, 2.05) is 0 Å². The topological polar surface area (TPSA) is 75.6 Å². The van der Waals surface area contributed by atoms with Crippen LogP contribution in [-0.2, 0) is 11.2 Å². The summed E-state index contributed by atoms with van der Waals surface area (Å²) in [6.07, 6.45) is 1.61. The summed E-state index contributed by atoms with van der Waals surface area (Å²) in [6.45, 7) is 3.98. The summed E-state index contributed by atoms with van der Waals surface area (Å²) in [5, 5.41) is 11.5. The molecular weight excluding hydrogens is 294 g/mol. The minimum atomic E-state index is -0.888. The van der Waals surface area contributed by atoms with Crippen LogP contribution < -0.4 is 10.1 Å². The molecule has 2 rings (SSSR count). The summed E-state index contributed by atoms with van der Waals surface area (Å²) in [6, 6.07) is 13.5. The molecule has 118 valence electrons. The third-order valence-corrected chi connectivity index (χ3v) is 3.05. The number of anilines is 1. The van der Waals surface area contributed by atoms with Crippen molar-refractivity contribution in [3.63, 3.8) is 0 Å². The maximum Gasteiger partial charge on any atom is 0.307 e. The van der Waals surface area contributed by atoms with E-state index in [1.165, 1.54) is 0 Å². The van der Waals surface area contributed by atoms with Gasteiger partial charge in [0.15, 0.2) is 0 Å². The first-order valence-corrected chi connectivity index (χ1v) is 7.04. The number of benzene rings is 2. The molecule has 2 aromatic carbocycles. The van der Waals surface area contributed by atoms with Crippen molar-refractivity contribution in [1.82, 2.24) is 0 Å². The summed E-state index contributed by atoms with van der Waals surface area (Å²) in [7, 11) is 0. The molecule has 0 saturated carbocycles. The highest BCUT2D eigenvalue weighted by atomic mass is 16.5. The molecule has 0 fully saturated rings. The Kier molecular flexibility index (Phi) is 5.52. The number of carboxylic acid groups (broad SMARTS) is 1. The van der Waals surface area contributed by atoms with E-state index in [-0.39, 0.29) is 12.3 Å². The van der Waals surface area contributed by atoms with Crippen molar-refractivity contribution in [1.29, 1.82) is 0 Å². The lowest BCUT2D eigenvalue weighted by Gasteiger charge is -2.07. The number of nitrogens with one attached hydrogen (secondary N) is 1. The van der Waals surface area contributed by atoms with Gasteiger partial charge < -0.3 is 15.2 Å². The maximum absolute atomic E-state index is 12.1. The van der Waals surface area contributed by atoms with Crippen molar-refractivity contribution in [2.24, 2.45) is 0 Å². The Morgan fingerprint density at radius 2 is 1.74 bits per heavy atom. The van der Waals surface area contributed by atoms with Gasteiger partial charge in [0.1, 0.15) is 12.4 Å². The lowest BCUT2D eigenvalue weighted by Crippen LogP contribution is -2.11. The molecule has 2 N–H and O–H groups in total. The largest absolute Gasteiger partial charge is 0.490 e. The minimum absolute atomic E-state index is 0.0413. The zero-order chi connectivity index (χ0) is 16.7. The standard InChI is InChI=1S/C18H17NO4/c1-2-11-23-16-9-5-14(6-10-16)18(22)19-15-7-3-13(4-8-15)12-17(20)21/h2-10H,1,11-12H2,(H,19,22)(H,20,21). The van der Waals surface area contributed by atoms with Gasteiger partial charge in [-0.05, 0) is 42.0 Å². The first-order valence-electron chi connectivity index (χ1n) is 7.04. The number of ether oxygens (including phenoxy) is 1. The summed E-state index contributed by atoms with van der Waals surface area (Å²) in [5.74, 6) is -0.466. The molecule has 1 amide bonds. The third kappa shape index (κ3) is 5.00. The highest BCUT2D eigenvalue weighted by Crippen LogP contribution is 2.15. The van der Waals surface area contributed by atoms with Crippen LogP contribution >= 0.6 is 0 Å². The van der Waals surface area contributed by atoms with Crippen molar-refractivity contribution in [2.45, 2.75) is 6.42 Å². The van der Waals surface area contributed by atoms with Gasteiger partial charge in [-0.3, -0.25) is 9.59 Å². The Bertz CT molecular complexity index is 690. The highest BCUT2D eigenvalue weighted by molar-refractivity contribution is 6.04. The van der Waals surface area contributed by atoms with Gasteiger partial charge in [-0.25, -0.2) is 0 Å². The molecule has 0 heterocycles. The molecule has 0 spiro atoms. The fraction of sp³-hybridized carbons (Fsp3) is 0.111. The summed E-state index contributed by atoms with van der Waals surface area (Å²) in [4.78, 5) is 22.8. The lowest BCUT2D eigenvalue weighted by molar-refractivity contribution is -0.136. The molecule has 0 unspecified atom stereocenters. The van der Waals surface area contributed by atoms with Gasteiger partial charge in [-0.15, -0.1) is 0 Å². The molecule has 0 bridgehead atoms. The predicted molar refractivity (Wildman–Crippen MR) is 87.9 cm³/mol. The molecule has 23 heavy (non-hydrogen) atoms. The van der Waals surface area contributed by atoms with Crippen LogP contribution in [0.5, 0.6) is 5.75 Å². The molecular formula is C18H17NO4. The Hall–Kier alpha value is -3.08. The van der Waals surface area contributed by atoms with Gasteiger partial charge in [0.25, 0.3) is 5.91 Å². The molecule has 0 aliphatic carbocycles. The van der Waals surface area contributed by atoms with Gasteiger partial charge in [-0.2, -0.15) is 0 Å². The fourth-order valence-corrected chi connectivity index (χ4v) is 1.94. The molecule has 0 atom stereocenters. The first kappa shape index (κ1) is 16.3. The summed E-state index contributed by atoms with van der Waals surface area (Å²) in [5.41, 5.74) is 1.79. The van der Waals surface area contributed by atoms with E-state index in [0.717, 1.165) is 0 Å². The number of rotatable bonds is 7. The number of hydrogen-bond donors (Lipinski definition) is 2. The van der Waals surface area contributed by atoms with Crippen LogP contribution in [0.4, 0.5) is 5.69 Å². The van der Waals surface area contributed by atoms with Gasteiger partial charge in [0.2, 0.25) is 0 Å². The molecule has 0 aromatic heterocycles. The average Bonchev–Trinajstić information content (AvgIpc) is 2.54. The summed E-state index contributed by atoms with van der Waals surface area (Å²) < 4.78 is 5.36. The van der Waals surface area contributed by atoms with Gasteiger partial charge in [-0.1, -0.05) is 24.8 Å². The monoisotopic (exact) mass is 311 g/mol. The second-order valence-electron chi connectivity index (χ2n) is 4.85. The van der Waals surface area contributed by atoms with Crippen molar-refractivity contribution in [3.05, 3.63) is 72.3 Å². The maximum atomic E-state index is 12.1. The van der Waals surface area contributed by atoms with Crippen LogP contribution in [0.3, 0.4) is 0 Å². The number of carbonyl (C=O) groups is 2. The van der Waals surface area contributed by atoms with Crippen LogP contribution in [0.15, 0.2) is 61.2 Å². The smallest absolute Gasteiger partial charge is 0.307 e. The average molecular weight is 311 g/mol. The van der Waals surface area contributed by atoms with E-state index >= 15 is 0 Å². The normalized spacial score (nSPS) is 9.91. The zero-order valence-corrected chi connectivity index (χ0v) is 12.5. The lowest BCUT2D eigenvalue weighted by atomic mass is 10.1. The highest BCUT2D eigenvalue weighted by Gasteiger charge is 2.07. The van der Waals surface area contributed by atoms with Crippen LogP contribution in [0.2, 0.25) is 0 Å². The number of aliphatic carboxylic acids is 1. The molecule has 2 aromatic rings. The van der Waals surface area contributed by atoms with Crippen LogP contribution in [-0.4, -0.2) is 23.6 Å². The van der Waals surface area contributed by atoms with E-state index in [1.54, 1.807) is 54.6 Å². The van der Waals surface area contributed by atoms with Crippen molar-refractivity contribution >= 4 is 17.6 Å². The molecule has 0 aliphatic heterocycles. The first-order chi connectivity index (χ1) is 11.1. The van der Waals surface area contributed by atoms with E-state index < -0.39 is 5.97 Å². The Labute approximate surface area is 134 Å². The second-order valence-corrected chi connectivity index (χ2v) is 4.85. The van der Waals surface area contributed by atoms with Gasteiger partial charge in [0.05, 0.1) is 6.42 Å². The molecule has 5 heteroatoms. The number of hydrogen-bond acceptors (Lipinski definition) is 3. The van der Waals surface area contributed by atoms with Crippen LogP contribution in [0.1, 0.15) is 15.9 Å². The molecule has 0 radical (unpaired) electrons. The third-order valence-electron chi connectivity index (χ3n) is 3.05. The fourth-order valence-electron chi connectivity index (χ4n) is 1.94. The SMILES string of the molecule is C=CCOc1ccc(C(=O)Nc2ccc(CC(=O)O)cc2)cc1. The Morgan fingerprint density at radius 3 is 2.30 bits per heavy atom. The number of carbonyl (C=O) groups excluding carboxylic acids is 1.